The number of halogens is 1. The average molecular weight is 472 g/mol. The molecule has 8 heteroatoms. The zero-order valence-electron chi connectivity index (χ0n) is 15.5. The minimum absolute atomic E-state index is 0.102. The molecule has 1 aromatic heterocycles. The molecule has 0 spiro atoms. The second kappa shape index (κ2) is 9.49. The molecule has 29 heavy (non-hydrogen) atoms. The van der Waals surface area contributed by atoms with Crippen molar-refractivity contribution in [3.63, 3.8) is 0 Å². The molecule has 0 saturated carbocycles. The molecule has 0 saturated heterocycles. The van der Waals surface area contributed by atoms with Crippen LogP contribution in [-0.2, 0) is 6.54 Å². The minimum atomic E-state index is -0.469. The van der Waals surface area contributed by atoms with Gasteiger partial charge < -0.3 is 14.6 Å². The van der Waals surface area contributed by atoms with Crippen LogP contribution in [0.4, 0.5) is 5.69 Å². The first kappa shape index (κ1) is 20.8. The molecule has 0 aliphatic heterocycles. The summed E-state index contributed by atoms with van der Waals surface area (Å²) in [7, 11) is 1.75. The van der Waals surface area contributed by atoms with Crippen LogP contribution in [0.1, 0.15) is 26.5 Å². The van der Waals surface area contributed by atoms with E-state index in [-0.39, 0.29) is 16.8 Å². The summed E-state index contributed by atoms with van der Waals surface area (Å²) in [6, 6.07) is 19.8. The van der Waals surface area contributed by atoms with Crippen LogP contribution in [0.5, 0.6) is 0 Å². The molecule has 0 aliphatic rings. The van der Waals surface area contributed by atoms with Crippen molar-refractivity contribution >= 4 is 50.8 Å². The Labute approximate surface area is 182 Å². The molecule has 0 aliphatic carbocycles. The van der Waals surface area contributed by atoms with Gasteiger partial charge in [-0.25, -0.2) is 0 Å². The monoisotopic (exact) mass is 471 g/mol. The molecule has 0 atom stereocenters. The second-order valence-electron chi connectivity index (χ2n) is 6.24. The standard InChI is InChI=1S/C21H18BrN3O3S/c1-25(13-14-6-3-2-4-7-14)20(27)15-8-5-9-16(12-15)23-21(29)24-19(26)17-10-11-18(22)28-17/h2-12H,13H2,1H3,(H2,23,24,26,29). The number of carbonyl (C=O) groups excluding carboxylic acids is 2. The summed E-state index contributed by atoms with van der Waals surface area (Å²) < 4.78 is 5.64. The molecule has 0 radical (unpaired) electrons. The zero-order chi connectivity index (χ0) is 20.8. The Morgan fingerprint density at radius 1 is 1.07 bits per heavy atom. The lowest BCUT2D eigenvalue weighted by Gasteiger charge is -2.18. The number of hydrogen-bond acceptors (Lipinski definition) is 4. The van der Waals surface area contributed by atoms with Crippen LogP contribution >= 0.6 is 28.1 Å². The third-order valence-electron chi connectivity index (χ3n) is 4.00. The summed E-state index contributed by atoms with van der Waals surface area (Å²) in [5.41, 5.74) is 2.15. The maximum absolute atomic E-state index is 12.7. The maximum Gasteiger partial charge on any atom is 0.293 e. The highest BCUT2D eigenvalue weighted by Crippen LogP contribution is 2.15. The van der Waals surface area contributed by atoms with Gasteiger partial charge in [0.25, 0.3) is 11.8 Å². The number of carbonyl (C=O) groups is 2. The van der Waals surface area contributed by atoms with Crippen molar-refractivity contribution in [3.05, 3.63) is 88.3 Å². The summed E-state index contributed by atoms with van der Waals surface area (Å²) >= 11 is 8.32. The Hall–Kier alpha value is -2.97. The number of anilines is 1. The molecule has 148 valence electrons. The van der Waals surface area contributed by atoms with Crippen molar-refractivity contribution in [3.8, 4) is 0 Å². The van der Waals surface area contributed by atoms with Crippen LogP contribution in [0, 0.1) is 0 Å². The van der Waals surface area contributed by atoms with Crippen molar-refractivity contribution in [2.24, 2.45) is 0 Å². The quantitative estimate of drug-likeness (QED) is 0.538. The zero-order valence-corrected chi connectivity index (χ0v) is 17.9. The predicted octanol–water partition coefficient (Wildman–Crippen LogP) is 4.44. The third-order valence-corrected chi connectivity index (χ3v) is 4.63. The largest absolute Gasteiger partial charge is 0.444 e. The van der Waals surface area contributed by atoms with Crippen molar-refractivity contribution in [1.29, 1.82) is 0 Å². The normalized spacial score (nSPS) is 10.3. The fraction of sp³-hybridized carbons (Fsp3) is 0.0952. The lowest BCUT2D eigenvalue weighted by atomic mass is 10.1. The number of hydrogen-bond donors (Lipinski definition) is 2. The summed E-state index contributed by atoms with van der Waals surface area (Å²) in [5, 5.41) is 5.54. The van der Waals surface area contributed by atoms with E-state index in [4.69, 9.17) is 16.6 Å². The van der Waals surface area contributed by atoms with Crippen molar-refractivity contribution < 1.29 is 14.0 Å². The predicted molar refractivity (Wildman–Crippen MR) is 119 cm³/mol. The molecule has 0 bridgehead atoms. The molecule has 6 nitrogen and oxygen atoms in total. The molecule has 2 aromatic carbocycles. The van der Waals surface area contributed by atoms with E-state index in [9.17, 15) is 9.59 Å². The SMILES string of the molecule is CN(Cc1ccccc1)C(=O)c1cccc(NC(=S)NC(=O)c2ccc(Br)o2)c1. The van der Waals surface area contributed by atoms with Gasteiger partial charge in [0, 0.05) is 24.8 Å². The average Bonchev–Trinajstić information content (AvgIpc) is 3.15. The Morgan fingerprint density at radius 3 is 2.52 bits per heavy atom. The lowest BCUT2D eigenvalue weighted by molar-refractivity contribution is 0.0785. The highest BCUT2D eigenvalue weighted by Gasteiger charge is 2.14. The maximum atomic E-state index is 12.7. The Balaban J connectivity index is 1.61. The molecule has 0 unspecified atom stereocenters. The van der Waals surface area contributed by atoms with Crippen LogP contribution < -0.4 is 10.6 Å². The molecule has 2 amide bonds. The van der Waals surface area contributed by atoms with Gasteiger partial charge in [0.1, 0.15) is 0 Å². The molecule has 0 fully saturated rings. The summed E-state index contributed by atoms with van der Waals surface area (Å²) in [6.07, 6.45) is 0. The number of benzene rings is 2. The van der Waals surface area contributed by atoms with Crippen molar-refractivity contribution in [2.75, 3.05) is 12.4 Å². The van der Waals surface area contributed by atoms with Gasteiger partial charge in [0.15, 0.2) is 15.5 Å². The number of nitrogens with zero attached hydrogens (tertiary/aromatic N) is 1. The second-order valence-corrected chi connectivity index (χ2v) is 7.43. The van der Waals surface area contributed by atoms with Crippen LogP contribution in [0.15, 0.2) is 75.8 Å². The van der Waals surface area contributed by atoms with Crippen molar-refractivity contribution in [2.45, 2.75) is 6.54 Å². The first-order valence-corrected chi connectivity index (χ1v) is 9.89. The van der Waals surface area contributed by atoms with Gasteiger partial charge in [-0.1, -0.05) is 36.4 Å². The Bertz CT molecular complexity index is 1040. The fourth-order valence-corrected chi connectivity index (χ4v) is 3.16. The van der Waals surface area contributed by atoms with Gasteiger partial charge in [-0.15, -0.1) is 0 Å². The smallest absolute Gasteiger partial charge is 0.293 e. The summed E-state index contributed by atoms with van der Waals surface area (Å²) in [5.74, 6) is -0.455. The third kappa shape index (κ3) is 5.75. The first-order chi connectivity index (χ1) is 13.9. The van der Waals surface area contributed by atoms with Gasteiger partial charge in [0.05, 0.1) is 0 Å². The number of rotatable bonds is 5. The van der Waals surface area contributed by atoms with Gasteiger partial charge in [0.2, 0.25) is 0 Å². The highest BCUT2D eigenvalue weighted by molar-refractivity contribution is 9.10. The lowest BCUT2D eigenvalue weighted by Crippen LogP contribution is -2.34. The van der Waals surface area contributed by atoms with Gasteiger partial charge in [-0.05, 0) is 64.0 Å². The van der Waals surface area contributed by atoms with Crippen molar-refractivity contribution in [1.82, 2.24) is 10.2 Å². The number of thiocarbonyl (C=S) groups is 1. The summed E-state index contributed by atoms with van der Waals surface area (Å²) in [6.45, 7) is 0.504. The number of furan rings is 1. The molecule has 3 rings (SSSR count). The van der Waals surface area contributed by atoms with Crippen LogP contribution in [0.2, 0.25) is 0 Å². The van der Waals surface area contributed by atoms with Gasteiger partial charge in [-0.2, -0.15) is 0 Å². The highest BCUT2D eigenvalue weighted by atomic mass is 79.9. The molecular formula is C21H18BrN3O3S. The van der Waals surface area contributed by atoms with E-state index < -0.39 is 5.91 Å². The van der Waals surface area contributed by atoms with Gasteiger partial charge >= 0.3 is 0 Å². The molecule has 1 heterocycles. The van der Waals surface area contributed by atoms with E-state index in [2.05, 4.69) is 26.6 Å². The number of amides is 2. The Kier molecular flexibility index (Phi) is 6.79. The minimum Gasteiger partial charge on any atom is -0.444 e. The first-order valence-electron chi connectivity index (χ1n) is 8.69. The Morgan fingerprint density at radius 2 is 1.83 bits per heavy atom. The van der Waals surface area contributed by atoms with E-state index in [0.717, 1.165) is 5.56 Å². The van der Waals surface area contributed by atoms with E-state index in [1.54, 1.807) is 42.3 Å². The van der Waals surface area contributed by atoms with Crippen LogP contribution in [0.3, 0.4) is 0 Å². The number of nitrogens with one attached hydrogen (secondary N) is 2. The fourth-order valence-electron chi connectivity index (χ4n) is 2.64. The van der Waals surface area contributed by atoms with Gasteiger partial charge in [-0.3, -0.25) is 14.9 Å². The molecule has 2 N–H and O–H groups in total. The van der Waals surface area contributed by atoms with E-state index >= 15 is 0 Å². The topological polar surface area (TPSA) is 74.6 Å². The van der Waals surface area contributed by atoms with Crippen LogP contribution in [0.25, 0.3) is 0 Å². The van der Waals surface area contributed by atoms with E-state index in [1.807, 2.05) is 30.3 Å². The molecule has 3 aromatic rings. The van der Waals surface area contributed by atoms with Crippen LogP contribution in [-0.4, -0.2) is 28.9 Å². The summed E-state index contributed by atoms with van der Waals surface area (Å²) in [4.78, 5) is 26.5. The van der Waals surface area contributed by atoms with E-state index in [1.165, 1.54) is 6.07 Å². The molecular weight excluding hydrogens is 454 g/mol. The van der Waals surface area contributed by atoms with E-state index in [0.29, 0.717) is 22.5 Å².